The second-order valence-corrected chi connectivity index (χ2v) is 11.7. The number of benzene rings is 2. The third-order valence-electron chi connectivity index (χ3n) is 7.20. The van der Waals surface area contributed by atoms with Crippen molar-refractivity contribution < 1.29 is 14.3 Å². The molecule has 3 aromatic rings. The Morgan fingerprint density at radius 3 is 2.46 bits per heavy atom. The number of ether oxygens (including phenoxy) is 2. The lowest BCUT2D eigenvalue weighted by Gasteiger charge is -2.35. The van der Waals surface area contributed by atoms with Gasteiger partial charge >= 0.3 is 11.5 Å². The summed E-state index contributed by atoms with van der Waals surface area (Å²) < 4.78 is 16.1. The molecule has 5 rings (SSSR count). The van der Waals surface area contributed by atoms with E-state index in [2.05, 4.69) is 30.0 Å². The summed E-state index contributed by atoms with van der Waals surface area (Å²) in [6, 6.07) is 14.0. The summed E-state index contributed by atoms with van der Waals surface area (Å²) in [6.45, 7) is 10.3. The monoisotopic (exact) mass is 547 g/mol. The number of carbonyl (C=O) groups is 1. The summed E-state index contributed by atoms with van der Waals surface area (Å²) in [5.41, 5.74) is 2.76. The molecule has 0 radical (unpaired) electrons. The van der Waals surface area contributed by atoms with Crippen LogP contribution in [0.5, 0.6) is 5.75 Å². The number of anilines is 1. The summed E-state index contributed by atoms with van der Waals surface area (Å²) in [5.74, 6) is 1.91. The van der Waals surface area contributed by atoms with Gasteiger partial charge in [0, 0.05) is 36.6 Å². The van der Waals surface area contributed by atoms with E-state index in [1.165, 1.54) is 5.56 Å². The zero-order valence-electron chi connectivity index (χ0n) is 23.3. The molecular formula is C31H36ClN4O3+. The van der Waals surface area contributed by atoms with Gasteiger partial charge in [0.05, 0.1) is 30.2 Å². The molecule has 2 aromatic carbocycles. The van der Waals surface area contributed by atoms with Gasteiger partial charge in [-0.25, -0.2) is 9.78 Å². The van der Waals surface area contributed by atoms with E-state index in [0.717, 1.165) is 51.6 Å². The number of nitrogens with zero attached hydrogens (tertiary/aromatic N) is 4. The molecule has 1 fully saturated rings. The molecule has 0 aliphatic carbocycles. The average Bonchev–Trinajstić information content (AvgIpc) is 2.91. The van der Waals surface area contributed by atoms with Crippen LogP contribution in [0.4, 0.5) is 10.6 Å². The highest BCUT2D eigenvalue weighted by molar-refractivity contribution is 6.31. The minimum absolute atomic E-state index is 0.192. The number of carbonyl (C=O) groups excluding carboxylic acids is 1. The molecule has 1 saturated heterocycles. The van der Waals surface area contributed by atoms with Gasteiger partial charge in [-0.05, 0) is 70.0 Å². The number of aryl methyl sites for hydroxylation is 1. The fourth-order valence-electron chi connectivity index (χ4n) is 5.10. The number of amides is 1. The second kappa shape index (κ2) is 10.9. The van der Waals surface area contributed by atoms with E-state index in [-0.39, 0.29) is 12.0 Å². The Morgan fingerprint density at radius 2 is 1.79 bits per heavy atom. The van der Waals surface area contributed by atoms with Crippen molar-refractivity contribution in [3.8, 4) is 5.75 Å². The molecule has 0 N–H and O–H groups in total. The first-order valence-corrected chi connectivity index (χ1v) is 13.9. The van der Waals surface area contributed by atoms with Gasteiger partial charge in [-0.15, -0.1) is 0 Å². The zero-order chi connectivity index (χ0) is 27.7. The smallest absolute Gasteiger partial charge is 0.410 e. The number of pyridine rings is 1. The van der Waals surface area contributed by atoms with E-state index in [4.69, 9.17) is 30.7 Å². The Hall–Kier alpha value is -3.54. The Bertz CT molecular complexity index is 1550. The van der Waals surface area contributed by atoms with Crippen molar-refractivity contribution in [1.29, 1.82) is 0 Å². The third kappa shape index (κ3) is 6.05. The number of hydrogen-bond donors (Lipinski definition) is 0. The highest BCUT2D eigenvalue weighted by Crippen LogP contribution is 2.20. The van der Waals surface area contributed by atoms with Crippen LogP contribution in [-0.4, -0.2) is 60.6 Å². The highest BCUT2D eigenvalue weighted by Gasteiger charge is 2.31. The molecule has 1 atom stereocenters. The molecule has 0 bridgehead atoms. The first-order valence-electron chi connectivity index (χ1n) is 13.5. The van der Waals surface area contributed by atoms with E-state index >= 15 is 0 Å². The van der Waals surface area contributed by atoms with Crippen LogP contribution in [0.25, 0.3) is 17.0 Å². The Morgan fingerprint density at radius 1 is 1.08 bits per heavy atom. The Kier molecular flexibility index (Phi) is 7.57. The van der Waals surface area contributed by atoms with E-state index in [1.54, 1.807) is 12.0 Å². The van der Waals surface area contributed by atoms with Crippen molar-refractivity contribution in [1.82, 2.24) is 14.6 Å². The maximum atomic E-state index is 12.6. The van der Waals surface area contributed by atoms with Crippen molar-refractivity contribution in [2.45, 2.75) is 46.1 Å². The molecule has 2 aliphatic heterocycles. The second-order valence-electron chi connectivity index (χ2n) is 11.2. The first kappa shape index (κ1) is 27.0. The minimum Gasteiger partial charge on any atom is -0.497 e. The topological polar surface area (TPSA) is 69.0 Å². The van der Waals surface area contributed by atoms with Crippen LogP contribution >= 0.6 is 11.6 Å². The molecule has 39 heavy (non-hydrogen) atoms. The molecule has 1 amide bonds. The van der Waals surface area contributed by atoms with Crippen molar-refractivity contribution >= 4 is 46.2 Å². The van der Waals surface area contributed by atoms with Crippen LogP contribution < -0.4 is 24.9 Å². The first-order chi connectivity index (χ1) is 18.6. The van der Waals surface area contributed by atoms with Crippen LogP contribution in [0, 0.1) is 5.92 Å². The minimum atomic E-state index is -0.516. The van der Waals surface area contributed by atoms with Crippen LogP contribution in [0.2, 0.25) is 5.02 Å². The van der Waals surface area contributed by atoms with E-state index in [0.29, 0.717) is 31.2 Å². The highest BCUT2D eigenvalue weighted by atomic mass is 35.5. The molecule has 204 valence electrons. The molecule has 0 spiro atoms. The van der Waals surface area contributed by atoms with Crippen molar-refractivity contribution in [3.63, 3.8) is 0 Å². The molecule has 2 aliphatic rings. The number of rotatable bonds is 5. The normalized spacial score (nSPS) is 17.2. The SMILES string of the molecule is COc1ccc(CCC2=[N+]=c3c(N4CCN(C(=O)OC(C)(C)C)CC4)nc4ccc(Cl)cc4c3=CC2C)cc1. The van der Waals surface area contributed by atoms with Crippen molar-refractivity contribution in [3.05, 3.63) is 63.6 Å². The number of fused-ring (bicyclic) bond motifs is 3. The summed E-state index contributed by atoms with van der Waals surface area (Å²) in [6.07, 6.45) is 3.77. The summed E-state index contributed by atoms with van der Waals surface area (Å²) >= 11 is 6.40. The maximum absolute atomic E-state index is 12.6. The van der Waals surface area contributed by atoms with Crippen molar-refractivity contribution in [2.75, 3.05) is 38.2 Å². The van der Waals surface area contributed by atoms with Gasteiger partial charge in [-0.1, -0.05) is 34.5 Å². The number of halogens is 1. The Labute approximate surface area is 234 Å². The molecule has 1 unspecified atom stereocenters. The molecule has 3 heterocycles. The van der Waals surface area contributed by atoms with Crippen LogP contribution in [0.1, 0.15) is 39.7 Å². The molecular weight excluding hydrogens is 512 g/mol. The quantitative estimate of drug-likeness (QED) is 0.449. The predicted molar refractivity (Wildman–Crippen MR) is 157 cm³/mol. The summed E-state index contributed by atoms with van der Waals surface area (Å²) in [5, 5.41) is 3.66. The lowest BCUT2D eigenvalue weighted by Crippen LogP contribution is -2.52. The van der Waals surface area contributed by atoms with Crippen LogP contribution in [-0.2, 0) is 11.2 Å². The van der Waals surface area contributed by atoms with E-state index < -0.39 is 5.60 Å². The maximum Gasteiger partial charge on any atom is 0.410 e. The van der Waals surface area contributed by atoms with Gasteiger partial charge in [0.2, 0.25) is 5.82 Å². The van der Waals surface area contributed by atoms with Crippen LogP contribution in [0.15, 0.2) is 42.5 Å². The van der Waals surface area contributed by atoms with Crippen LogP contribution in [0.3, 0.4) is 0 Å². The number of methoxy groups -OCH3 is 1. The van der Waals surface area contributed by atoms with Gasteiger partial charge < -0.3 is 19.3 Å². The van der Waals surface area contributed by atoms with E-state index in [9.17, 15) is 4.79 Å². The lowest BCUT2D eigenvalue weighted by molar-refractivity contribution is 0.0240. The van der Waals surface area contributed by atoms with Gasteiger partial charge in [0.25, 0.3) is 5.71 Å². The molecule has 0 saturated carbocycles. The molecule has 1 aromatic heterocycles. The largest absolute Gasteiger partial charge is 0.497 e. The van der Waals surface area contributed by atoms with Gasteiger partial charge in [0.15, 0.2) is 0 Å². The van der Waals surface area contributed by atoms with Crippen molar-refractivity contribution in [2.24, 2.45) is 5.92 Å². The lowest BCUT2D eigenvalue weighted by atomic mass is 9.95. The third-order valence-corrected chi connectivity index (χ3v) is 7.43. The molecule has 7 nitrogen and oxygen atoms in total. The number of hydrogen-bond acceptors (Lipinski definition) is 5. The summed E-state index contributed by atoms with van der Waals surface area (Å²) in [7, 11) is 1.68. The fourth-order valence-corrected chi connectivity index (χ4v) is 5.28. The zero-order valence-corrected chi connectivity index (χ0v) is 24.1. The van der Waals surface area contributed by atoms with Gasteiger partial charge in [-0.3, -0.25) is 0 Å². The standard InChI is InChI=1S/C31H36ClN4O3/c1-20-18-25-24-19-22(32)9-13-27(24)34-29(35-14-16-36(17-15-35)30(37)39-31(2,3)4)28(25)33-26(20)12-8-21-6-10-23(38-5)11-7-21/h6-7,9-11,13,18-20H,8,12,14-17H2,1-5H3/q+1. The van der Waals surface area contributed by atoms with E-state index in [1.807, 2.05) is 51.1 Å². The number of aromatic nitrogens is 1. The van der Waals surface area contributed by atoms with Gasteiger partial charge in [-0.2, -0.15) is 0 Å². The molecule has 8 heteroatoms. The fraction of sp³-hybridized carbons (Fsp3) is 0.419. The average molecular weight is 548 g/mol. The van der Waals surface area contributed by atoms with Gasteiger partial charge in [0.1, 0.15) is 11.4 Å². The summed E-state index contributed by atoms with van der Waals surface area (Å²) in [4.78, 5) is 21.7. The predicted octanol–water partition coefficient (Wildman–Crippen LogP) is 4.14. The number of piperazine rings is 1. The Balaban J connectivity index is 1.50.